The van der Waals surface area contributed by atoms with E-state index < -0.39 is 0 Å². The second-order valence-corrected chi connectivity index (χ2v) is 11.4. The summed E-state index contributed by atoms with van der Waals surface area (Å²) in [5.41, 5.74) is 2.74. The predicted octanol–water partition coefficient (Wildman–Crippen LogP) is 13.3. The Morgan fingerprint density at radius 2 is 0.744 bits per heavy atom. The SMILES string of the molecule is C=CC(c1ccccc1)c1c(Cl)c(Cl)c(Oc2c(Cl)c(Cl)c(C(C=C)c3ccccc3)c(Cl)c2Cl)c(Cl)c1Cl. The van der Waals surface area contributed by atoms with Gasteiger partial charge in [-0.3, -0.25) is 0 Å². The highest BCUT2D eigenvalue weighted by molar-refractivity contribution is 6.51. The van der Waals surface area contributed by atoms with E-state index in [0.717, 1.165) is 11.1 Å². The monoisotopic (exact) mass is 674 g/mol. The molecule has 200 valence electrons. The van der Waals surface area contributed by atoms with E-state index in [1.807, 2.05) is 60.7 Å². The van der Waals surface area contributed by atoms with Crippen molar-refractivity contribution in [1.29, 1.82) is 0 Å². The Balaban J connectivity index is 1.84. The van der Waals surface area contributed by atoms with Crippen LogP contribution < -0.4 is 4.74 Å². The molecule has 0 fully saturated rings. The number of halogens is 8. The lowest BCUT2D eigenvalue weighted by Crippen LogP contribution is -2.04. The summed E-state index contributed by atoms with van der Waals surface area (Å²) in [4.78, 5) is 0. The largest absolute Gasteiger partial charge is 0.451 e. The van der Waals surface area contributed by atoms with Crippen LogP contribution in [0.5, 0.6) is 11.5 Å². The van der Waals surface area contributed by atoms with Gasteiger partial charge < -0.3 is 4.74 Å². The van der Waals surface area contributed by atoms with Crippen LogP contribution in [0.2, 0.25) is 40.2 Å². The van der Waals surface area contributed by atoms with Crippen LogP contribution in [0, 0.1) is 0 Å². The van der Waals surface area contributed by atoms with Gasteiger partial charge in [-0.05, 0) is 11.1 Å². The van der Waals surface area contributed by atoms with Crippen LogP contribution in [0.15, 0.2) is 86.0 Å². The molecule has 0 N–H and O–H groups in total. The summed E-state index contributed by atoms with van der Waals surface area (Å²) in [6.07, 6.45) is 3.40. The molecule has 0 heterocycles. The van der Waals surface area contributed by atoms with Gasteiger partial charge in [0, 0.05) is 23.0 Å². The molecule has 39 heavy (non-hydrogen) atoms. The van der Waals surface area contributed by atoms with Gasteiger partial charge in [0.25, 0.3) is 0 Å². The smallest absolute Gasteiger partial charge is 0.167 e. The lowest BCUT2D eigenvalue weighted by molar-refractivity contribution is 0.483. The van der Waals surface area contributed by atoms with E-state index in [1.165, 1.54) is 0 Å². The Bertz CT molecular complexity index is 1380. The standard InChI is InChI=1S/C30H18Cl8O/c1-3-17(15-11-7-5-8-12-15)19-21(31)25(35)29(26(36)22(19)32)39-30-27(37)23(33)20(24(34)28(30)38)18(4-2)16-13-9-6-10-14-16/h3-14,17-18H,1-2H2. The maximum Gasteiger partial charge on any atom is 0.167 e. The van der Waals surface area contributed by atoms with Crippen LogP contribution in [-0.4, -0.2) is 0 Å². The lowest BCUT2D eigenvalue weighted by atomic mass is 9.91. The highest BCUT2D eigenvalue weighted by atomic mass is 35.5. The molecule has 0 saturated carbocycles. The molecular formula is C30H18Cl8O. The molecule has 9 heteroatoms. The van der Waals surface area contributed by atoms with Crippen molar-refractivity contribution in [2.75, 3.05) is 0 Å². The van der Waals surface area contributed by atoms with Crippen molar-refractivity contribution in [1.82, 2.24) is 0 Å². The zero-order chi connectivity index (χ0) is 28.4. The third-order valence-electron chi connectivity index (χ3n) is 6.13. The summed E-state index contributed by atoms with van der Waals surface area (Å²) in [6, 6.07) is 19.0. The molecule has 2 unspecified atom stereocenters. The minimum absolute atomic E-state index is 0.000515. The third-order valence-corrected chi connectivity index (χ3v) is 9.53. The van der Waals surface area contributed by atoms with Gasteiger partial charge in [0.2, 0.25) is 0 Å². The molecule has 0 aliphatic carbocycles. The first-order chi connectivity index (χ1) is 18.6. The Morgan fingerprint density at radius 3 is 1.00 bits per heavy atom. The number of ether oxygens (including phenoxy) is 1. The number of hydrogen-bond donors (Lipinski definition) is 0. The molecule has 1 nitrogen and oxygen atoms in total. The van der Waals surface area contributed by atoms with Crippen molar-refractivity contribution in [2.24, 2.45) is 0 Å². The topological polar surface area (TPSA) is 9.23 Å². The number of benzene rings is 4. The Morgan fingerprint density at radius 1 is 0.462 bits per heavy atom. The quantitative estimate of drug-likeness (QED) is 0.133. The Labute approximate surface area is 267 Å². The van der Waals surface area contributed by atoms with E-state index in [4.69, 9.17) is 97.5 Å². The van der Waals surface area contributed by atoms with E-state index >= 15 is 0 Å². The fraction of sp³-hybridized carbons (Fsp3) is 0.0667. The highest BCUT2D eigenvalue weighted by Crippen LogP contribution is 2.55. The van der Waals surface area contributed by atoms with Crippen LogP contribution in [0.4, 0.5) is 0 Å². The van der Waals surface area contributed by atoms with Crippen molar-refractivity contribution >= 4 is 92.8 Å². The summed E-state index contributed by atoms with van der Waals surface area (Å²) >= 11 is 53.6. The lowest BCUT2D eigenvalue weighted by Gasteiger charge is -2.23. The molecule has 0 spiro atoms. The fourth-order valence-electron chi connectivity index (χ4n) is 4.25. The highest BCUT2D eigenvalue weighted by Gasteiger charge is 2.30. The van der Waals surface area contributed by atoms with Crippen molar-refractivity contribution in [2.45, 2.75) is 11.8 Å². The molecule has 0 aliphatic rings. The average Bonchev–Trinajstić information content (AvgIpc) is 2.96. The van der Waals surface area contributed by atoms with Crippen LogP contribution in [-0.2, 0) is 0 Å². The molecule has 0 saturated heterocycles. The molecule has 0 bridgehead atoms. The zero-order valence-electron chi connectivity index (χ0n) is 19.9. The second kappa shape index (κ2) is 13.0. The maximum atomic E-state index is 6.73. The molecule has 4 aromatic rings. The maximum absolute atomic E-state index is 6.73. The first kappa shape index (κ1) is 30.4. The van der Waals surface area contributed by atoms with Gasteiger partial charge in [0.05, 0.1) is 20.1 Å². The summed E-state index contributed by atoms with van der Waals surface area (Å²) in [5, 5.41) is 0.527. The van der Waals surface area contributed by atoms with Crippen molar-refractivity contribution in [3.05, 3.63) is 148 Å². The van der Waals surface area contributed by atoms with Gasteiger partial charge in [-0.2, -0.15) is 0 Å². The van der Waals surface area contributed by atoms with Crippen molar-refractivity contribution in [3.8, 4) is 11.5 Å². The number of rotatable bonds is 8. The van der Waals surface area contributed by atoms with Gasteiger partial charge in [-0.1, -0.05) is 166 Å². The zero-order valence-corrected chi connectivity index (χ0v) is 26.0. The molecule has 0 radical (unpaired) electrons. The molecule has 0 aliphatic heterocycles. The minimum atomic E-state index is -0.389. The summed E-state index contributed by atoms with van der Waals surface area (Å²) in [7, 11) is 0. The van der Waals surface area contributed by atoms with Crippen molar-refractivity contribution < 1.29 is 4.74 Å². The van der Waals surface area contributed by atoms with Gasteiger partial charge in [0.15, 0.2) is 11.5 Å². The van der Waals surface area contributed by atoms with Gasteiger partial charge >= 0.3 is 0 Å². The second-order valence-electron chi connectivity index (χ2n) is 8.35. The molecular weight excluding hydrogens is 660 g/mol. The fourth-order valence-corrected chi connectivity index (χ4v) is 6.57. The molecule has 0 amide bonds. The molecule has 0 aromatic heterocycles. The van der Waals surface area contributed by atoms with Gasteiger partial charge in [-0.15, -0.1) is 13.2 Å². The van der Waals surface area contributed by atoms with E-state index in [-0.39, 0.29) is 63.5 Å². The van der Waals surface area contributed by atoms with Crippen LogP contribution in [0.3, 0.4) is 0 Å². The number of allylic oxidation sites excluding steroid dienone is 2. The van der Waals surface area contributed by atoms with Gasteiger partial charge in [0.1, 0.15) is 20.1 Å². The summed E-state index contributed by atoms with van der Waals surface area (Å²) in [6.45, 7) is 7.87. The first-order valence-electron chi connectivity index (χ1n) is 11.4. The average molecular weight is 678 g/mol. The molecule has 2 atom stereocenters. The number of hydrogen-bond acceptors (Lipinski definition) is 1. The van der Waals surface area contributed by atoms with Gasteiger partial charge in [-0.25, -0.2) is 0 Å². The Hall–Kier alpha value is -1.52. The third kappa shape index (κ3) is 5.80. The normalized spacial score (nSPS) is 12.6. The van der Waals surface area contributed by atoms with E-state index in [1.54, 1.807) is 12.2 Å². The summed E-state index contributed by atoms with van der Waals surface area (Å²) < 4.78 is 6.06. The molecule has 4 rings (SSSR count). The van der Waals surface area contributed by atoms with E-state index in [2.05, 4.69) is 13.2 Å². The van der Waals surface area contributed by atoms with Crippen molar-refractivity contribution in [3.63, 3.8) is 0 Å². The minimum Gasteiger partial charge on any atom is -0.451 e. The van der Waals surface area contributed by atoms with Crippen LogP contribution >= 0.6 is 92.8 Å². The van der Waals surface area contributed by atoms with E-state index in [9.17, 15) is 0 Å². The Kier molecular flexibility index (Phi) is 10.1. The predicted molar refractivity (Wildman–Crippen MR) is 170 cm³/mol. The summed E-state index contributed by atoms with van der Waals surface area (Å²) in [5.74, 6) is -0.890. The van der Waals surface area contributed by atoms with Crippen LogP contribution in [0.25, 0.3) is 0 Å². The van der Waals surface area contributed by atoms with E-state index in [0.29, 0.717) is 11.1 Å². The molecule has 4 aromatic carbocycles. The van der Waals surface area contributed by atoms with Crippen LogP contribution in [0.1, 0.15) is 34.1 Å². The first-order valence-corrected chi connectivity index (χ1v) is 14.4.